The Bertz CT molecular complexity index is 322. The Kier molecular flexibility index (Phi) is 5.17. The Morgan fingerprint density at radius 3 is 2.87 bits per heavy atom. The lowest BCUT2D eigenvalue weighted by atomic mass is 10.2. The highest BCUT2D eigenvalue weighted by atomic mass is 79.9. The molecule has 0 heterocycles. The molecule has 0 aliphatic carbocycles. The average Bonchev–Trinajstić information content (AvgIpc) is 2.23. The molecule has 1 atom stereocenters. The third kappa shape index (κ3) is 4.25. The fourth-order valence-electron chi connectivity index (χ4n) is 1.01. The quantitative estimate of drug-likeness (QED) is 0.856. The first-order chi connectivity index (χ1) is 7.13. The van der Waals surface area contributed by atoms with E-state index in [1.54, 1.807) is 12.1 Å². The van der Waals surface area contributed by atoms with E-state index in [0.29, 0.717) is 11.1 Å². The van der Waals surface area contributed by atoms with Gasteiger partial charge < -0.3 is 15.6 Å². The number of rotatable bonds is 5. The van der Waals surface area contributed by atoms with Crippen molar-refractivity contribution >= 4 is 15.9 Å². The summed E-state index contributed by atoms with van der Waals surface area (Å²) in [6, 6.07) is 4.64. The van der Waals surface area contributed by atoms with Gasteiger partial charge in [-0.1, -0.05) is 6.07 Å². The van der Waals surface area contributed by atoms with Crippen molar-refractivity contribution in [1.82, 2.24) is 0 Å². The van der Waals surface area contributed by atoms with E-state index in [-0.39, 0.29) is 19.0 Å². The van der Waals surface area contributed by atoms with Crippen molar-refractivity contribution in [3.05, 3.63) is 34.1 Å². The van der Waals surface area contributed by atoms with Gasteiger partial charge in [0.2, 0.25) is 0 Å². The molecule has 1 aromatic carbocycles. The molecule has 5 heteroatoms. The number of aliphatic hydroxyl groups is 1. The van der Waals surface area contributed by atoms with Crippen LogP contribution in [0.4, 0.5) is 4.39 Å². The second-order valence-corrected chi connectivity index (χ2v) is 4.01. The number of benzene rings is 1. The van der Waals surface area contributed by atoms with E-state index in [4.69, 9.17) is 15.6 Å². The lowest BCUT2D eigenvalue weighted by Crippen LogP contribution is -2.24. The van der Waals surface area contributed by atoms with Gasteiger partial charge in [0.1, 0.15) is 5.82 Å². The van der Waals surface area contributed by atoms with Crippen LogP contribution in [0.1, 0.15) is 5.56 Å². The topological polar surface area (TPSA) is 55.5 Å². The van der Waals surface area contributed by atoms with Crippen LogP contribution in [0, 0.1) is 5.82 Å². The van der Waals surface area contributed by atoms with Crippen molar-refractivity contribution in [3.8, 4) is 0 Å². The van der Waals surface area contributed by atoms with Crippen LogP contribution >= 0.6 is 15.9 Å². The molecule has 0 aromatic heterocycles. The van der Waals surface area contributed by atoms with Gasteiger partial charge in [-0.3, -0.25) is 0 Å². The maximum atomic E-state index is 12.9. The van der Waals surface area contributed by atoms with Crippen molar-refractivity contribution in [2.75, 3.05) is 13.2 Å². The summed E-state index contributed by atoms with van der Waals surface area (Å²) in [7, 11) is 0. The number of nitrogens with two attached hydrogens (primary N) is 1. The van der Waals surface area contributed by atoms with E-state index in [1.807, 2.05) is 0 Å². The minimum absolute atomic E-state index is 0.174. The van der Waals surface area contributed by atoms with Crippen molar-refractivity contribution in [2.45, 2.75) is 12.7 Å². The zero-order valence-corrected chi connectivity index (χ0v) is 9.71. The third-order valence-electron chi connectivity index (χ3n) is 1.84. The zero-order chi connectivity index (χ0) is 11.3. The maximum Gasteiger partial charge on any atom is 0.137 e. The monoisotopic (exact) mass is 277 g/mol. The van der Waals surface area contributed by atoms with Crippen molar-refractivity contribution in [3.63, 3.8) is 0 Å². The minimum Gasteiger partial charge on any atom is -0.389 e. The molecule has 3 nitrogen and oxygen atoms in total. The molecule has 0 saturated heterocycles. The van der Waals surface area contributed by atoms with Gasteiger partial charge in [-0.2, -0.15) is 0 Å². The molecular weight excluding hydrogens is 265 g/mol. The van der Waals surface area contributed by atoms with E-state index in [0.717, 1.165) is 5.56 Å². The van der Waals surface area contributed by atoms with E-state index in [1.165, 1.54) is 6.07 Å². The van der Waals surface area contributed by atoms with E-state index in [2.05, 4.69) is 15.9 Å². The van der Waals surface area contributed by atoms with Gasteiger partial charge in [-0.25, -0.2) is 4.39 Å². The summed E-state index contributed by atoms with van der Waals surface area (Å²) >= 11 is 3.08. The lowest BCUT2D eigenvalue weighted by Gasteiger charge is -2.08. The molecular formula is C10H13BrFNO2. The molecule has 0 saturated carbocycles. The first kappa shape index (κ1) is 12.6. The van der Waals surface area contributed by atoms with Crippen LogP contribution in [-0.2, 0) is 11.3 Å². The van der Waals surface area contributed by atoms with Gasteiger partial charge in [0.05, 0.1) is 23.8 Å². The molecule has 0 spiro atoms. The molecule has 0 radical (unpaired) electrons. The second-order valence-electron chi connectivity index (χ2n) is 3.15. The third-order valence-corrected chi connectivity index (χ3v) is 2.44. The first-order valence-electron chi connectivity index (χ1n) is 4.53. The standard InChI is InChI=1S/C10H13BrFNO2/c11-9-3-7(1-2-10(9)12)5-15-6-8(14)4-13/h1-3,8,14H,4-6,13H2. The van der Waals surface area contributed by atoms with E-state index in [9.17, 15) is 4.39 Å². The summed E-state index contributed by atoms with van der Waals surface area (Å²) in [6.07, 6.45) is -0.645. The van der Waals surface area contributed by atoms with Crippen LogP contribution in [0.2, 0.25) is 0 Å². The fourth-order valence-corrected chi connectivity index (χ4v) is 1.44. The fraction of sp³-hybridized carbons (Fsp3) is 0.400. The SMILES string of the molecule is NCC(O)COCc1ccc(F)c(Br)c1. The van der Waals surface area contributed by atoms with Crippen molar-refractivity contribution in [1.29, 1.82) is 0 Å². The number of ether oxygens (including phenoxy) is 1. The molecule has 1 aromatic rings. The smallest absolute Gasteiger partial charge is 0.137 e. The molecule has 0 bridgehead atoms. The Morgan fingerprint density at radius 1 is 1.53 bits per heavy atom. The molecule has 1 rings (SSSR count). The molecule has 1 unspecified atom stereocenters. The molecule has 15 heavy (non-hydrogen) atoms. The highest BCUT2D eigenvalue weighted by Gasteiger charge is 2.03. The molecule has 0 amide bonds. The highest BCUT2D eigenvalue weighted by Crippen LogP contribution is 2.17. The zero-order valence-electron chi connectivity index (χ0n) is 8.12. The summed E-state index contributed by atoms with van der Waals surface area (Å²) in [5, 5.41) is 9.12. The summed E-state index contributed by atoms with van der Waals surface area (Å²) < 4.78 is 18.5. The maximum absolute atomic E-state index is 12.9. The highest BCUT2D eigenvalue weighted by molar-refractivity contribution is 9.10. The van der Waals surface area contributed by atoms with Crippen LogP contribution < -0.4 is 5.73 Å². The normalized spacial score (nSPS) is 12.8. The van der Waals surface area contributed by atoms with Crippen molar-refractivity contribution < 1.29 is 14.2 Å². The van der Waals surface area contributed by atoms with Crippen LogP contribution in [0.5, 0.6) is 0 Å². The van der Waals surface area contributed by atoms with Crippen LogP contribution in [0.25, 0.3) is 0 Å². The summed E-state index contributed by atoms with van der Waals surface area (Å²) in [4.78, 5) is 0. The number of aliphatic hydroxyl groups excluding tert-OH is 1. The van der Waals surface area contributed by atoms with Gasteiger partial charge in [0.15, 0.2) is 0 Å². The predicted octanol–water partition coefficient (Wildman–Crippen LogP) is 1.42. The molecule has 3 N–H and O–H groups in total. The first-order valence-corrected chi connectivity index (χ1v) is 5.32. The molecule has 0 aliphatic rings. The van der Waals surface area contributed by atoms with E-state index >= 15 is 0 Å². The molecule has 0 aliphatic heterocycles. The Hall–Kier alpha value is -0.490. The predicted molar refractivity (Wildman–Crippen MR) is 58.8 cm³/mol. The van der Waals surface area contributed by atoms with Crippen molar-refractivity contribution in [2.24, 2.45) is 5.73 Å². The van der Waals surface area contributed by atoms with Gasteiger partial charge in [-0.15, -0.1) is 0 Å². The van der Waals surface area contributed by atoms with Crippen LogP contribution in [0.15, 0.2) is 22.7 Å². The minimum atomic E-state index is -0.645. The lowest BCUT2D eigenvalue weighted by molar-refractivity contribution is 0.0329. The van der Waals surface area contributed by atoms with Gasteiger partial charge >= 0.3 is 0 Å². The summed E-state index contributed by atoms with van der Waals surface area (Å²) in [5.74, 6) is -0.305. The summed E-state index contributed by atoms with van der Waals surface area (Å²) in [6.45, 7) is 0.689. The van der Waals surface area contributed by atoms with Crippen LogP contribution in [-0.4, -0.2) is 24.4 Å². The molecule has 0 fully saturated rings. The number of halogens is 2. The number of hydrogen-bond donors (Lipinski definition) is 2. The van der Waals surface area contributed by atoms with Crippen LogP contribution in [0.3, 0.4) is 0 Å². The second kappa shape index (κ2) is 6.17. The Labute approximate surface area is 96.2 Å². The Balaban J connectivity index is 2.41. The van der Waals surface area contributed by atoms with E-state index < -0.39 is 6.10 Å². The summed E-state index contributed by atoms with van der Waals surface area (Å²) in [5.41, 5.74) is 6.05. The van der Waals surface area contributed by atoms with Gasteiger partial charge in [-0.05, 0) is 33.6 Å². The molecule has 84 valence electrons. The number of hydrogen-bond acceptors (Lipinski definition) is 3. The average molecular weight is 278 g/mol. The van der Waals surface area contributed by atoms with Gasteiger partial charge in [0.25, 0.3) is 0 Å². The van der Waals surface area contributed by atoms with Gasteiger partial charge in [0, 0.05) is 6.54 Å². The largest absolute Gasteiger partial charge is 0.389 e. The Morgan fingerprint density at radius 2 is 2.27 bits per heavy atom.